The molecule has 1 N–H and O–H groups in total. The Morgan fingerprint density at radius 1 is 1.09 bits per heavy atom. The highest BCUT2D eigenvalue weighted by molar-refractivity contribution is 7.92. The van der Waals surface area contributed by atoms with Gasteiger partial charge < -0.3 is 5.32 Å². The Balaban J connectivity index is 2.27. The maximum absolute atomic E-state index is 12.2. The van der Waals surface area contributed by atoms with E-state index in [1.54, 1.807) is 30.3 Å². The number of hydrogen-bond acceptors (Lipinski definition) is 3. The second-order valence-corrected chi connectivity index (χ2v) is 7.38. The van der Waals surface area contributed by atoms with E-state index in [4.69, 9.17) is 0 Å². The van der Waals surface area contributed by atoms with Crippen LogP contribution in [0.4, 0.5) is 11.4 Å². The Bertz CT molecular complexity index is 802. The molecule has 1 amide bonds. The molecule has 0 unspecified atom stereocenters. The van der Waals surface area contributed by atoms with Gasteiger partial charge in [-0.25, -0.2) is 8.42 Å². The van der Waals surface area contributed by atoms with Crippen molar-refractivity contribution in [3.05, 3.63) is 59.7 Å². The third-order valence-electron chi connectivity index (χ3n) is 3.38. The minimum Gasteiger partial charge on any atom is -0.325 e. The van der Waals surface area contributed by atoms with E-state index in [-0.39, 0.29) is 12.5 Å². The Hall–Kier alpha value is -2.34. The van der Waals surface area contributed by atoms with Crippen molar-refractivity contribution in [3.63, 3.8) is 0 Å². The van der Waals surface area contributed by atoms with Crippen molar-refractivity contribution in [1.82, 2.24) is 0 Å². The molecule has 6 heteroatoms. The molecule has 2 aromatic carbocycles. The zero-order valence-electron chi connectivity index (χ0n) is 13.4. The predicted octanol–water partition coefficient (Wildman–Crippen LogP) is 2.71. The molecule has 2 rings (SSSR count). The highest BCUT2D eigenvalue weighted by Crippen LogP contribution is 2.23. The molecular formula is C17H20N2O3S. The first-order valence-electron chi connectivity index (χ1n) is 7.17. The van der Waals surface area contributed by atoms with Gasteiger partial charge in [-0.1, -0.05) is 30.3 Å². The minimum atomic E-state index is -3.57. The molecule has 0 aliphatic rings. The summed E-state index contributed by atoms with van der Waals surface area (Å²) in [6.45, 7) is 3.44. The number of carbonyl (C=O) groups is 1. The summed E-state index contributed by atoms with van der Waals surface area (Å²) in [5.41, 5.74) is 2.89. The van der Waals surface area contributed by atoms with Crippen molar-refractivity contribution in [2.45, 2.75) is 13.8 Å². The van der Waals surface area contributed by atoms with E-state index in [0.717, 1.165) is 21.7 Å². The lowest BCUT2D eigenvalue weighted by molar-refractivity contribution is -0.114. The van der Waals surface area contributed by atoms with Gasteiger partial charge in [0.2, 0.25) is 15.9 Å². The second-order valence-electron chi connectivity index (χ2n) is 5.47. The molecule has 0 atom stereocenters. The molecular weight excluding hydrogens is 312 g/mol. The fourth-order valence-electron chi connectivity index (χ4n) is 2.22. The van der Waals surface area contributed by atoms with Gasteiger partial charge in [0.05, 0.1) is 11.9 Å². The van der Waals surface area contributed by atoms with E-state index in [1.807, 2.05) is 32.0 Å². The number of carbonyl (C=O) groups excluding carboxylic acids is 1. The molecule has 0 heterocycles. The van der Waals surface area contributed by atoms with E-state index in [1.165, 1.54) is 0 Å². The molecule has 0 aromatic heterocycles. The lowest BCUT2D eigenvalue weighted by atomic mass is 10.1. The first kappa shape index (κ1) is 17.0. The van der Waals surface area contributed by atoms with Crippen molar-refractivity contribution >= 4 is 27.3 Å². The molecule has 23 heavy (non-hydrogen) atoms. The number of anilines is 2. The van der Waals surface area contributed by atoms with E-state index >= 15 is 0 Å². The van der Waals surface area contributed by atoms with Gasteiger partial charge in [-0.05, 0) is 43.2 Å². The first-order valence-corrected chi connectivity index (χ1v) is 9.02. The fraction of sp³-hybridized carbons (Fsp3) is 0.235. The van der Waals surface area contributed by atoms with E-state index in [9.17, 15) is 13.2 Å². The normalized spacial score (nSPS) is 11.1. The van der Waals surface area contributed by atoms with Crippen LogP contribution in [0, 0.1) is 13.8 Å². The van der Waals surface area contributed by atoms with Gasteiger partial charge in [0.1, 0.15) is 6.54 Å². The summed E-state index contributed by atoms with van der Waals surface area (Å²) < 4.78 is 25.4. The summed E-state index contributed by atoms with van der Waals surface area (Å²) in [7, 11) is -3.57. The Morgan fingerprint density at radius 3 is 2.35 bits per heavy atom. The SMILES string of the molecule is Cc1ccc(C)c(N(CC(=O)Nc2ccccc2)S(C)(=O)=O)c1. The summed E-state index contributed by atoms with van der Waals surface area (Å²) in [6.07, 6.45) is 1.10. The molecule has 0 bridgehead atoms. The Kier molecular flexibility index (Phi) is 5.05. The summed E-state index contributed by atoms with van der Waals surface area (Å²) in [4.78, 5) is 12.2. The monoisotopic (exact) mass is 332 g/mol. The summed E-state index contributed by atoms with van der Waals surface area (Å²) in [5.74, 6) is -0.387. The van der Waals surface area contributed by atoms with Crippen molar-refractivity contribution < 1.29 is 13.2 Å². The van der Waals surface area contributed by atoms with Gasteiger partial charge in [0.15, 0.2) is 0 Å². The molecule has 0 aliphatic heterocycles. The number of nitrogens with zero attached hydrogens (tertiary/aromatic N) is 1. The van der Waals surface area contributed by atoms with Crippen molar-refractivity contribution in [1.29, 1.82) is 0 Å². The van der Waals surface area contributed by atoms with Crippen LogP contribution in [0.25, 0.3) is 0 Å². The van der Waals surface area contributed by atoms with Crippen molar-refractivity contribution in [3.8, 4) is 0 Å². The molecule has 0 aliphatic carbocycles. The summed E-state index contributed by atoms with van der Waals surface area (Å²) in [5, 5.41) is 2.70. The van der Waals surface area contributed by atoms with Gasteiger partial charge in [0.25, 0.3) is 0 Å². The molecule has 0 spiro atoms. The van der Waals surface area contributed by atoms with E-state index < -0.39 is 10.0 Å². The van der Waals surface area contributed by atoms with Crippen LogP contribution in [-0.2, 0) is 14.8 Å². The van der Waals surface area contributed by atoms with Gasteiger partial charge in [-0.15, -0.1) is 0 Å². The molecule has 122 valence electrons. The number of hydrogen-bond donors (Lipinski definition) is 1. The van der Waals surface area contributed by atoms with Crippen LogP contribution >= 0.6 is 0 Å². The zero-order valence-corrected chi connectivity index (χ0v) is 14.2. The molecule has 0 fully saturated rings. The smallest absolute Gasteiger partial charge is 0.245 e. The number of aryl methyl sites for hydroxylation is 2. The molecule has 0 saturated heterocycles. The highest BCUT2D eigenvalue weighted by atomic mass is 32.2. The Morgan fingerprint density at radius 2 is 1.74 bits per heavy atom. The summed E-state index contributed by atoms with van der Waals surface area (Å²) in [6, 6.07) is 14.5. The van der Waals surface area contributed by atoms with E-state index in [2.05, 4.69) is 5.32 Å². The number of sulfonamides is 1. The number of benzene rings is 2. The number of nitrogens with one attached hydrogen (secondary N) is 1. The maximum atomic E-state index is 12.2. The number of para-hydroxylation sites is 1. The van der Waals surface area contributed by atoms with Gasteiger partial charge in [-0.3, -0.25) is 9.10 Å². The third-order valence-corrected chi connectivity index (χ3v) is 4.50. The van der Waals surface area contributed by atoms with Crippen LogP contribution in [-0.4, -0.2) is 27.1 Å². The standard InChI is InChI=1S/C17H20N2O3S/c1-13-9-10-14(2)16(11-13)19(23(3,21)22)12-17(20)18-15-7-5-4-6-8-15/h4-11H,12H2,1-3H3,(H,18,20). The van der Waals surface area contributed by atoms with Crippen LogP contribution in [0.5, 0.6) is 0 Å². The van der Waals surface area contributed by atoms with Crippen molar-refractivity contribution in [2.24, 2.45) is 0 Å². The predicted molar refractivity (Wildman–Crippen MR) is 93.2 cm³/mol. The van der Waals surface area contributed by atoms with Crippen LogP contribution in [0.15, 0.2) is 48.5 Å². The van der Waals surface area contributed by atoms with Gasteiger partial charge in [-0.2, -0.15) is 0 Å². The number of rotatable bonds is 5. The molecule has 5 nitrogen and oxygen atoms in total. The maximum Gasteiger partial charge on any atom is 0.245 e. The average molecular weight is 332 g/mol. The lowest BCUT2D eigenvalue weighted by Gasteiger charge is -2.24. The first-order chi connectivity index (χ1) is 10.8. The highest BCUT2D eigenvalue weighted by Gasteiger charge is 2.22. The molecule has 2 aromatic rings. The minimum absolute atomic E-state index is 0.266. The van der Waals surface area contributed by atoms with Crippen LogP contribution in [0.3, 0.4) is 0 Å². The fourth-order valence-corrected chi connectivity index (χ4v) is 3.13. The van der Waals surface area contributed by atoms with Crippen molar-refractivity contribution in [2.75, 3.05) is 22.4 Å². The van der Waals surface area contributed by atoms with Gasteiger partial charge in [0, 0.05) is 5.69 Å². The van der Waals surface area contributed by atoms with Crippen LogP contribution in [0.1, 0.15) is 11.1 Å². The average Bonchev–Trinajstić information content (AvgIpc) is 2.47. The van der Waals surface area contributed by atoms with Crippen LogP contribution in [0.2, 0.25) is 0 Å². The number of amides is 1. The molecule has 0 radical (unpaired) electrons. The Labute approximate surface area is 137 Å². The van der Waals surface area contributed by atoms with E-state index in [0.29, 0.717) is 11.4 Å². The largest absolute Gasteiger partial charge is 0.325 e. The third kappa shape index (κ3) is 4.56. The van der Waals surface area contributed by atoms with Gasteiger partial charge >= 0.3 is 0 Å². The zero-order chi connectivity index (χ0) is 17.0. The van der Waals surface area contributed by atoms with Crippen LogP contribution < -0.4 is 9.62 Å². The lowest BCUT2D eigenvalue weighted by Crippen LogP contribution is -2.37. The molecule has 0 saturated carbocycles. The quantitative estimate of drug-likeness (QED) is 0.915. The topological polar surface area (TPSA) is 66.5 Å². The summed E-state index contributed by atoms with van der Waals surface area (Å²) >= 11 is 0. The second kappa shape index (κ2) is 6.83.